The summed E-state index contributed by atoms with van der Waals surface area (Å²) in [6, 6.07) is 16.6. The number of para-hydroxylation sites is 1. The lowest BCUT2D eigenvalue weighted by Crippen LogP contribution is -2.51. The Balaban J connectivity index is 1.23. The first-order valence-electron chi connectivity index (χ1n) is 14.2. The van der Waals surface area contributed by atoms with Crippen LogP contribution < -0.4 is 4.74 Å². The van der Waals surface area contributed by atoms with E-state index in [4.69, 9.17) is 19.2 Å². The summed E-state index contributed by atoms with van der Waals surface area (Å²) in [6.07, 6.45) is 7.28. The number of imidazole rings is 1. The van der Waals surface area contributed by atoms with Crippen molar-refractivity contribution >= 4 is 22.8 Å². The highest BCUT2D eigenvalue weighted by Gasteiger charge is 2.50. The Bertz CT molecular complexity index is 1300. The number of allylic oxidation sites excluding steroid dienone is 1. The van der Waals surface area contributed by atoms with Crippen LogP contribution in [0.3, 0.4) is 0 Å². The van der Waals surface area contributed by atoms with Gasteiger partial charge >= 0.3 is 6.16 Å². The fraction of sp³-hybridized carbons (Fsp3) is 0.500. The van der Waals surface area contributed by atoms with Crippen LogP contribution in [0, 0.1) is 11.8 Å². The maximum atomic E-state index is 12.7. The minimum absolute atomic E-state index is 0.191. The van der Waals surface area contributed by atoms with Crippen molar-refractivity contribution in [1.82, 2.24) is 14.9 Å². The third-order valence-electron chi connectivity index (χ3n) is 8.25. The molecule has 3 atom stereocenters. The molecule has 1 fully saturated rings. The van der Waals surface area contributed by atoms with Crippen molar-refractivity contribution in [3.8, 4) is 5.75 Å². The minimum atomic E-state index is -0.546. The summed E-state index contributed by atoms with van der Waals surface area (Å²) < 4.78 is 17.1. The maximum Gasteiger partial charge on any atom is 0.509 e. The quantitative estimate of drug-likeness (QED) is 0.280. The van der Waals surface area contributed by atoms with Crippen molar-refractivity contribution in [2.24, 2.45) is 11.8 Å². The van der Waals surface area contributed by atoms with E-state index in [9.17, 15) is 4.79 Å². The molecule has 7 nitrogen and oxygen atoms in total. The maximum absolute atomic E-state index is 12.7. The molecule has 1 saturated carbocycles. The second kappa shape index (κ2) is 11.8. The van der Waals surface area contributed by atoms with E-state index in [2.05, 4.69) is 53.3 Å². The third kappa shape index (κ3) is 6.14. The molecule has 208 valence electrons. The number of hydrogen-bond acceptors (Lipinski definition) is 6. The molecular weight excluding hydrogens is 490 g/mol. The smallest absolute Gasteiger partial charge is 0.494 e. The van der Waals surface area contributed by atoms with Crippen LogP contribution in [0.25, 0.3) is 16.6 Å². The Kier molecular flexibility index (Phi) is 8.26. The van der Waals surface area contributed by atoms with Gasteiger partial charge in [-0.2, -0.15) is 0 Å². The van der Waals surface area contributed by atoms with E-state index in [-0.39, 0.29) is 12.0 Å². The van der Waals surface area contributed by atoms with Gasteiger partial charge in [0, 0.05) is 25.3 Å². The second-order valence-electron chi connectivity index (χ2n) is 11.4. The number of H-pyrrole nitrogens is 1. The van der Waals surface area contributed by atoms with Gasteiger partial charge in [0.05, 0.1) is 18.7 Å². The predicted octanol–water partition coefficient (Wildman–Crippen LogP) is 6.64. The highest BCUT2D eigenvalue weighted by Crippen LogP contribution is 2.53. The van der Waals surface area contributed by atoms with E-state index < -0.39 is 11.8 Å². The van der Waals surface area contributed by atoms with Crippen molar-refractivity contribution < 1.29 is 19.0 Å². The first-order chi connectivity index (χ1) is 18.9. The molecule has 1 aromatic heterocycles. The summed E-state index contributed by atoms with van der Waals surface area (Å²) >= 11 is 0. The van der Waals surface area contributed by atoms with E-state index in [1.165, 1.54) is 11.1 Å². The summed E-state index contributed by atoms with van der Waals surface area (Å²) in [5, 5.41) is 0. The zero-order chi connectivity index (χ0) is 27.4. The molecular formula is C32H41N3O4. The molecule has 39 heavy (non-hydrogen) atoms. The number of rotatable bonds is 11. The number of ether oxygens (including phenoxy) is 3. The lowest BCUT2D eigenvalue weighted by Gasteiger charge is -2.50. The zero-order valence-electron chi connectivity index (χ0n) is 23.6. The summed E-state index contributed by atoms with van der Waals surface area (Å²) in [4.78, 5) is 23.3. The lowest BCUT2D eigenvalue weighted by atomic mass is 9.61. The largest absolute Gasteiger partial charge is 0.509 e. The number of benzene rings is 2. The molecule has 2 bridgehead atoms. The lowest BCUT2D eigenvalue weighted by molar-refractivity contribution is -0.0991. The molecule has 7 heteroatoms. The number of methoxy groups -OCH3 is 1. The van der Waals surface area contributed by atoms with Crippen LogP contribution in [0.5, 0.6) is 5.75 Å². The number of aryl methyl sites for hydroxylation is 1. The van der Waals surface area contributed by atoms with E-state index >= 15 is 0 Å². The Morgan fingerprint density at radius 3 is 2.67 bits per heavy atom. The molecule has 0 aliphatic heterocycles. The summed E-state index contributed by atoms with van der Waals surface area (Å²) in [5.41, 5.74) is 4.04. The van der Waals surface area contributed by atoms with Crippen LogP contribution >= 0.6 is 0 Å². The fourth-order valence-electron chi connectivity index (χ4n) is 6.32. The van der Waals surface area contributed by atoms with Crippen molar-refractivity contribution in [3.63, 3.8) is 0 Å². The van der Waals surface area contributed by atoms with Crippen LogP contribution in [0.15, 0.2) is 54.6 Å². The molecule has 3 aromatic rings. The van der Waals surface area contributed by atoms with Crippen molar-refractivity contribution in [1.29, 1.82) is 0 Å². The van der Waals surface area contributed by atoms with Crippen LogP contribution in [-0.4, -0.2) is 60.0 Å². The normalized spacial score (nSPS) is 22.4. The van der Waals surface area contributed by atoms with Crippen molar-refractivity contribution in [2.45, 2.75) is 64.1 Å². The van der Waals surface area contributed by atoms with Gasteiger partial charge in [0.25, 0.3) is 0 Å². The molecule has 2 aromatic carbocycles. The Hall–Kier alpha value is -3.32. The first kappa shape index (κ1) is 27.3. The average molecular weight is 532 g/mol. The number of hydrogen-bond donors (Lipinski definition) is 1. The zero-order valence-corrected chi connectivity index (χ0v) is 23.6. The monoisotopic (exact) mass is 531 g/mol. The van der Waals surface area contributed by atoms with E-state index in [0.717, 1.165) is 74.2 Å². The molecule has 0 radical (unpaired) electrons. The van der Waals surface area contributed by atoms with Crippen molar-refractivity contribution in [2.75, 3.05) is 27.2 Å². The van der Waals surface area contributed by atoms with Gasteiger partial charge in [-0.05, 0) is 82.3 Å². The molecule has 1 N–H and O–H groups in total. The third-order valence-corrected chi connectivity index (χ3v) is 8.25. The van der Waals surface area contributed by atoms with Crippen LogP contribution in [-0.2, 0) is 15.9 Å². The van der Waals surface area contributed by atoms with Crippen LogP contribution in [0.4, 0.5) is 4.79 Å². The van der Waals surface area contributed by atoms with Gasteiger partial charge in [0.2, 0.25) is 0 Å². The molecule has 3 aliphatic rings. The SMILES string of the molecule is COc1cccc2[nH]c(CCCN(C)CC[C@@]3(OC(=O)OC(C)C)C[C@@H]4CC[C@H]3C=C4c3ccccc3)nc12. The standard InChI is InChI=1S/C32H41N3O4/c1-22(2)38-31(36)39-32(21-24-15-16-25(32)20-26(24)23-10-6-5-7-11-23)17-19-35(3)18-9-14-29-33-27-12-8-13-28(37-4)30(27)34-29/h5-8,10-13,20,22,24-25H,9,14-19,21H2,1-4H3,(H,33,34)/t24-,25-,32+/m0/s1. The molecule has 1 heterocycles. The molecule has 0 amide bonds. The number of carbonyl (C=O) groups excluding carboxylic acids is 1. The van der Waals surface area contributed by atoms with E-state index in [0.29, 0.717) is 5.92 Å². The number of nitrogens with one attached hydrogen (secondary N) is 1. The van der Waals surface area contributed by atoms with Crippen LogP contribution in [0.2, 0.25) is 0 Å². The highest BCUT2D eigenvalue weighted by molar-refractivity contribution is 5.81. The van der Waals surface area contributed by atoms with Crippen molar-refractivity contribution in [3.05, 3.63) is 66.0 Å². The van der Waals surface area contributed by atoms with E-state index in [1.807, 2.05) is 32.0 Å². The van der Waals surface area contributed by atoms with Gasteiger partial charge in [0.15, 0.2) is 0 Å². The van der Waals surface area contributed by atoms with Gasteiger partial charge in [-0.25, -0.2) is 9.78 Å². The van der Waals surface area contributed by atoms with Gasteiger partial charge < -0.3 is 24.1 Å². The molecule has 0 unspecified atom stereocenters. The number of aromatic amines is 1. The highest BCUT2D eigenvalue weighted by atomic mass is 16.7. The Morgan fingerprint density at radius 1 is 1.13 bits per heavy atom. The molecule has 0 saturated heterocycles. The van der Waals surface area contributed by atoms with E-state index in [1.54, 1.807) is 7.11 Å². The van der Waals surface area contributed by atoms with Gasteiger partial charge in [0.1, 0.15) is 22.7 Å². The Labute approximate surface area is 231 Å². The summed E-state index contributed by atoms with van der Waals surface area (Å²) in [5.74, 6) is 2.35. The number of aromatic nitrogens is 2. The summed E-state index contributed by atoms with van der Waals surface area (Å²) in [6.45, 7) is 5.50. The van der Waals surface area contributed by atoms with Gasteiger partial charge in [-0.1, -0.05) is 42.5 Å². The molecule has 0 spiro atoms. The van der Waals surface area contributed by atoms with Gasteiger partial charge in [-0.15, -0.1) is 0 Å². The average Bonchev–Trinajstić information content (AvgIpc) is 3.35. The number of carbonyl (C=O) groups is 1. The fourth-order valence-corrected chi connectivity index (χ4v) is 6.32. The molecule has 6 rings (SSSR count). The summed E-state index contributed by atoms with van der Waals surface area (Å²) in [7, 11) is 3.82. The predicted molar refractivity (Wildman–Crippen MR) is 154 cm³/mol. The van der Waals surface area contributed by atoms with Gasteiger partial charge in [-0.3, -0.25) is 0 Å². The first-order valence-corrected chi connectivity index (χ1v) is 14.2. The minimum Gasteiger partial charge on any atom is -0.494 e. The number of nitrogens with zero attached hydrogens (tertiary/aromatic N) is 2. The topological polar surface area (TPSA) is 76.7 Å². The molecule has 3 aliphatic carbocycles. The Morgan fingerprint density at radius 2 is 1.95 bits per heavy atom. The number of fused-ring (bicyclic) bond motifs is 3. The van der Waals surface area contributed by atoms with Crippen LogP contribution in [0.1, 0.15) is 57.3 Å². The second-order valence-corrected chi connectivity index (χ2v) is 11.4.